The fourth-order valence-electron chi connectivity index (χ4n) is 2.77. The smallest absolute Gasteiger partial charge is 0.271 e. The van der Waals surface area contributed by atoms with Crippen molar-refractivity contribution in [2.75, 3.05) is 0 Å². The molecule has 2 aromatic heterocycles. The van der Waals surface area contributed by atoms with Gasteiger partial charge in [-0.05, 0) is 30.9 Å². The van der Waals surface area contributed by atoms with Crippen molar-refractivity contribution < 1.29 is 9.66 Å². The molecule has 0 N–H and O–H groups in total. The van der Waals surface area contributed by atoms with Gasteiger partial charge in [0.05, 0.1) is 15.3 Å². The number of hydrogen-bond donors (Lipinski definition) is 0. The van der Waals surface area contributed by atoms with Crippen LogP contribution < -0.4 is 4.74 Å². The molecule has 0 unspecified atom stereocenters. The zero-order chi connectivity index (χ0) is 16.0. The topological polar surface area (TPSA) is 78.2 Å². The first kappa shape index (κ1) is 14.3. The first-order chi connectivity index (χ1) is 11.1. The molecule has 0 saturated carbocycles. The lowest BCUT2D eigenvalue weighted by molar-refractivity contribution is -0.384. The fraction of sp³-hybridized carbons (Fsp3) is 0.200. The fourth-order valence-corrected chi connectivity index (χ4v) is 4.20. The van der Waals surface area contributed by atoms with Crippen molar-refractivity contribution in [2.24, 2.45) is 0 Å². The van der Waals surface area contributed by atoms with Gasteiger partial charge in [0.1, 0.15) is 16.9 Å². The highest BCUT2D eigenvalue weighted by Gasteiger charge is 2.22. The molecule has 3 aromatic rings. The van der Waals surface area contributed by atoms with Crippen LogP contribution in [0.4, 0.5) is 5.69 Å². The molecule has 0 bridgehead atoms. The number of aryl methyl sites for hydroxylation is 2. The van der Waals surface area contributed by atoms with Crippen molar-refractivity contribution in [1.29, 1.82) is 0 Å². The average molecular weight is 348 g/mol. The van der Waals surface area contributed by atoms with Crippen molar-refractivity contribution in [3.63, 3.8) is 0 Å². The van der Waals surface area contributed by atoms with E-state index in [1.54, 1.807) is 11.3 Å². The summed E-state index contributed by atoms with van der Waals surface area (Å²) in [6, 6.07) is 4.12. The summed E-state index contributed by atoms with van der Waals surface area (Å²) in [5.41, 5.74) is 1.17. The van der Waals surface area contributed by atoms with Crippen LogP contribution in [0.15, 0.2) is 24.5 Å². The van der Waals surface area contributed by atoms with Gasteiger partial charge in [-0.15, -0.1) is 11.3 Å². The molecule has 0 radical (unpaired) electrons. The highest BCUT2D eigenvalue weighted by molar-refractivity contribution is 7.18. The molecule has 8 heteroatoms. The number of fused-ring (bicyclic) bond motifs is 3. The molecule has 1 aromatic carbocycles. The minimum Gasteiger partial charge on any atom is -0.437 e. The number of rotatable bonds is 3. The molecule has 1 aliphatic carbocycles. The molecule has 0 aliphatic heterocycles. The van der Waals surface area contributed by atoms with Crippen LogP contribution in [0.5, 0.6) is 11.6 Å². The molecule has 2 heterocycles. The number of thiophene rings is 1. The number of benzene rings is 1. The lowest BCUT2D eigenvalue weighted by Crippen LogP contribution is -1.93. The molecule has 23 heavy (non-hydrogen) atoms. The van der Waals surface area contributed by atoms with Crippen molar-refractivity contribution in [3.05, 3.63) is 50.1 Å². The minimum atomic E-state index is -0.496. The van der Waals surface area contributed by atoms with Crippen LogP contribution >= 0.6 is 22.9 Å². The van der Waals surface area contributed by atoms with Crippen LogP contribution in [0.1, 0.15) is 16.9 Å². The van der Waals surface area contributed by atoms with E-state index < -0.39 is 4.92 Å². The number of nitro benzene ring substituents is 1. The first-order valence-corrected chi connectivity index (χ1v) is 8.20. The monoisotopic (exact) mass is 347 g/mol. The lowest BCUT2D eigenvalue weighted by atomic mass is 10.2. The zero-order valence-corrected chi connectivity index (χ0v) is 13.4. The predicted octanol–water partition coefficient (Wildman–Crippen LogP) is 4.53. The number of nitro groups is 1. The molecular formula is C15H10ClN3O3S. The Hall–Kier alpha value is -2.25. The summed E-state index contributed by atoms with van der Waals surface area (Å²) in [5.74, 6) is 0.792. The number of aromatic nitrogens is 2. The lowest BCUT2D eigenvalue weighted by Gasteiger charge is -2.08. The van der Waals surface area contributed by atoms with Gasteiger partial charge in [-0.25, -0.2) is 9.97 Å². The van der Waals surface area contributed by atoms with E-state index in [9.17, 15) is 10.1 Å². The third kappa shape index (κ3) is 2.42. The maximum Gasteiger partial charge on any atom is 0.271 e. The summed E-state index contributed by atoms with van der Waals surface area (Å²) < 4.78 is 5.84. The van der Waals surface area contributed by atoms with Gasteiger partial charge >= 0.3 is 0 Å². The van der Waals surface area contributed by atoms with Gasteiger partial charge < -0.3 is 4.74 Å². The molecule has 6 nitrogen and oxygen atoms in total. The second-order valence-corrected chi connectivity index (χ2v) is 6.68. The normalized spacial score (nSPS) is 13.3. The molecule has 4 rings (SSSR count). The van der Waals surface area contributed by atoms with E-state index in [4.69, 9.17) is 16.3 Å². The number of ether oxygens (including phenoxy) is 1. The van der Waals surface area contributed by atoms with Gasteiger partial charge in [0, 0.05) is 17.0 Å². The van der Waals surface area contributed by atoms with E-state index in [1.165, 1.54) is 35.0 Å². The Kier molecular flexibility index (Phi) is 3.39. The Labute approximate surface area is 139 Å². The number of non-ortho nitro benzene ring substituents is 1. The SMILES string of the molecule is O=[N+]([O-])c1ccc(Oc2ncnc3sc4c(c23)CCC4)c(Cl)c1. The van der Waals surface area contributed by atoms with Crippen LogP contribution in [-0.4, -0.2) is 14.9 Å². The molecule has 1 aliphatic rings. The van der Waals surface area contributed by atoms with E-state index in [0.29, 0.717) is 11.6 Å². The van der Waals surface area contributed by atoms with E-state index in [1.807, 2.05) is 0 Å². The van der Waals surface area contributed by atoms with Gasteiger partial charge in [0.25, 0.3) is 5.69 Å². The van der Waals surface area contributed by atoms with Gasteiger partial charge in [-0.2, -0.15) is 0 Å². The van der Waals surface area contributed by atoms with Gasteiger partial charge in [-0.1, -0.05) is 11.6 Å². The molecule has 0 amide bonds. The van der Waals surface area contributed by atoms with Crippen LogP contribution in [0.3, 0.4) is 0 Å². The second kappa shape index (κ2) is 5.43. The molecule has 0 atom stereocenters. The maximum absolute atomic E-state index is 10.8. The average Bonchev–Trinajstić information content (AvgIpc) is 3.09. The Morgan fingerprint density at radius 1 is 1.30 bits per heavy atom. The van der Waals surface area contributed by atoms with Crippen molar-refractivity contribution in [2.45, 2.75) is 19.3 Å². The summed E-state index contributed by atoms with van der Waals surface area (Å²) >= 11 is 7.76. The Bertz CT molecular complexity index is 941. The summed E-state index contributed by atoms with van der Waals surface area (Å²) in [6.07, 6.45) is 4.65. The zero-order valence-electron chi connectivity index (χ0n) is 11.8. The Balaban J connectivity index is 1.78. The second-order valence-electron chi connectivity index (χ2n) is 5.19. The summed E-state index contributed by atoms with van der Waals surface area (Å²) in [4.78, 5) is 21.1. The van der Waals surface area contributed by atoms with Crippen molar-refractivity contribution in [3.8, 4) is 11.6 Å². The van der Waals surface area contributed by atoms with E-state index in [-0.39, 0.29) is 10.7 Å². The molecular weight excluding hydrogens is 338 g/mol. The highest BCUT2D eigenvalue weighted by atomic mass is 35.5. The van der Waals surface area contributed by atoms with E-state index in [2.05, 4.69) is 9.97 Å². The summed E-state index contributed by atoms with van der Waals surface area (Å²) in [5, 5.41) is 11.9. The van der Waals surface area contributed by atoms with Crippen molar-refractivity contribution in [1.82, 2.24) is 9.97 Å². The largest absolute Gasteiger partial charge is 0.437 e. The number of nitrogens with zero attached hydrogens (tertiary/aromatic N) is 3. The van der Waals surface area contributed by atoms with E-state index >= 15 is 0 Å². The van der Waals surface area contributed by atoms with Gasteiger partial charge in [0.2, 0.25) is 5.88 Å². The van der Waals surface area contributed by atoms with Gasteiger partial charge in [0.15, 0.2) is 0 Å². The molecule has 0 fully saturated rings. The van der Waals surface area contributed by atoms with Gasteiger partial charge in [-0.3, -0.25) is 10.1 Å². The third-order valence-corrected chi connectivity index (χ3v) is 5.29. The first-order valence-electron chi connectivity index (χ1n) is 7.00. The molecule has 0 saturated heterocycles. The Morgan fingerprint density at radius 3 is 2.96 bits per heavy atom. The van der Waals surface area contributed by atoms with Crippen LogP contribution in [0.25, 0.3) is 10.2 Å². The number of halogens is 1. The predicted molar refractivity (Wildman–Crippen MR) is 87.6 cm³/mol. The maximum atomic E-state index is 10.8. The van der Waals surface area contributed by atoms with Crippen LogP contribution in [-0.2, 0) is 12.8 Å². The van der Waals surface area contributed by atoms with Crippen LogP contribution in [0.2, 0.25) is 5.02 Å². The van der Waals surface area contributed by atoms with E-state index in [0.717, 1.165) is 29.5 Å². The van der Waals surface area contributed by atoms with Crippen molar-refractivity contribution >= 4 is 38.8 Å². The number of hydrogen-bond acceptors (Lipinski definition) is 6. The molecule has 0 spiro atoms. The molecule has 116 valence electrons. The third-order valence-electron chi connectivity index (χ3n) is 3.80. The highest BCUT2D eigenvalue weighted by Crippen LogP contribution is 2.42. The summed E-state index contributed by atoms with van der Waals surface area (Å²) in [7, 11) is 0. The van der Waals surface area contributed by atoms with Crippen LogP contribution in [0, 0.1) is 10.1 Å². The summed E-state index contributed by atoms with van der Waals surface area (Å²) in [6.45, 7) is 0. The Morgan fingerprint density at radius 2 is 2.17 bits per heavy atom. The standard InChI is InChI=1S/C15H10ClN3O3S/c16-10-6-8(19(20)21)4-5-11(10)22-14-13-9-2-1-3-12(9)23-15(13)18-7-17-14/h4-7H,1-3H2. The minimum absolute atomic E-state index is 0.0772. The quantitative estimate of drug-likeness (QED) is 0.513.